The minimum atomic E-state index is -1.72. The molecular formula is C11H12F4N2O. The largest absolute Gasteiger partial charge is 0.383 e. The van der Waals surface area contributed by atoms with E-state index in [2.05, 4.69) is 5.32 Å². The summed E-state index contributed by atoms with van der Waals surface area (Å²) in [5, 5.41) is 4.14. The van der Waals surface area contributed by atoms with Crippen molar-refractivity contribution in [2.75, 3.05) is 18.9 Å². The highest BCUT2D eigenvalue weighted by molar-refractivity contribution is 5.95. The molecule has 0 saturated heterocycles. The van der Waals surface area contributed by atoms with Crippen LogP contribution in [0.25, 0.3) is 0 Å². The highest BCUT2D eigenvalue weighted by Crippen LogP contribution is 2.27. The summed E-state index contributed by atoms with van der Waals surface area (Å²) in [6.07, 6.45) is 0.522. The third-order valence-corrected chi connectivity index (χ3v) is 2.28. The van der Waals surface area contributed by atoms with Crippen molar-refractivity contribution >= 4 is 11.6 Å². The minimum absolute atomic E-state index is 0.148. The molecule has 0 spiro atoms. The standard InChI is InChI=1S/C11H12F4N2O/c1-3-4-17-11(18)5-6(12)8(14)10(16-2)9(15)7(5)13/h16H,3-4H2,1-2H3,(H,17,18). The second-order valence-corrected chi connectivity index (χ2v) is 3.51. The van der Waals surface area contributed by atoms with E-state index < -0.39 is 40.4 Å². The first-order chi connectivity index (χ1) is 8.45. The van der Waals surface area contributed by atoms with Crippen molar-refractivity contribution in [1.29, 1.82) is 0 Å². The zero-order valence-electron chi connectivity index (χ0n) is 9.83. The Bertz CT molecular complexity index is 448. The number of carbonyl (C=O) groups is 1. The minimum Gasteiger partial charge on any atom is -0.383 e. The van der Waals surface area contributed by atoms with Crippen LogP contribution in [0.15, 0.2) is 0 Å². The number of hydrogen-bond acceptors (Lipinski definition) is 2. The van der Waals surface area contributed by atoms with Crippen molar-refractivity contribution in [1.82, 2.24) is 5.32 Å². The van der Waals surface area contributed by atoms with Crippen molar-refractivity contribution in [2.24, 2.45) is 0 Å². The zero-order chi connectivity index (χ0) is 13.9. The van der Waals surface area contributed by atoms with Crippen molar-refractivity contribution in [3.63, 3.8) is 0 Å². The van der Waals surface area contributed by atoms with Crippen LogP contribution in [-0.4, -0.2) is 19.5 Å². The molecule has 3 nitrogen and oxygen atoms in total. The van der Waals surface area contributed by atoms with Gasteiger partial charge < -0.3 is 10.6 Å². The van der Waals surface area contributed by atoms with E-state index in [1.54, 1.807) is 6.92 Å². The number of benzene rings is 1. The van der Waals surface area contributed by atoms with Gasteiger partial charge in [-0.1, -0.05) is 6.92 Å². The molecule has 100 valence electrons. The van der Waals surface area contributed by atoms with Gasteiger partial charge in [-0.15, -0.1) is 0 Å². The van der Waals surface area contributed by atoms with Crippen molar-refractivity contribution < 1.29 is 22.4 Å². The van der Waals surface area contributed by atoms with Gasteiger partial charge in [0.2, 0.25) is 0 Å². The molecule has 0 saturated carbocycles. The maximum Gasteiger partial charge on any atom is 0.257 e. The summed E-state index contributed by atoms with van der Waals surface area (Å²) in [5.74, 6) is -7.87. The van der Waals surface area contributed by atoms with Gasteiger partial charge in [0.05, 0.1) is 0 Å². The van der Waals surface area contributed by atoms with Crippen molar-refractivity contribution in [3.8, 4) is 0 Å². The molecule has 0 aliphatic rings. The normalized spacial score (nSPS) is 10.3. The summed E-state index contributed by atoms with van der Waals surface area (Å²) in [7, 11) is 1.11. The van der Waals surface area contributed by atoms with E-state index in [9.17, 15) is 22.4 Å². The van der Waals surface area contributed by atoms with E-state index in [0.29, 0.717) is 6.42 Å². The molecule has 1 aromatic rings. The molecule has 0 atom stereocenters. The second kappa shape index (κ2) is 5.70. The van der Waals surface area contributed by atoms with E-state index in [1.807, 2.05) is 5.32 Å². The van der Waals surface area contributed by atoms with Crippen LogP contribution < -0.4 is 10.6 Å². The number of hydrogen-bond donors (Lipinski definition) is 2. The summed E-state index contributed by atoms with van der Waals surface area (Å²) in [4.78, 5) is 11.4. The molecule has 1 rings (SSSR count). The van der Waals surface area contributed by atoms with E-state index in [1.165, 1.54) is 0 Å². The summed E-state index contributed by atoms with van der Waals surface area (Å²) < 4.78 is 53.7. The van der Waals surface area contributed by atoms with Gasteiger partial charge in [-0.2, -0.15) is 0 Å². The summed E-state index contributed by atoms with van der Waals surface area (Å²) in [6, 6.07) is 0. The first-order valence-corrected chi connectivity index (χ1v) is 5.27. The Morgan fingerprint density at radius 3 is 1.94 bits per heavy atom. The maximum atomic E-state index is 13.5. The van der Waals surface area contributed by atoms with Crippen LogP contribution in [0, 0.1) is 23.3 Å². The van der Waals surface area contributed by atoms with E-state index in [4.69, 9.17) is 0 Å². The first kappa shape index (κ1) is 14.3. The van der Waals surface area contributed by atoms with Gasteiger partial charge in [-0.25, -0.2) is 17.6 Å². The van der Waals surface area contributed by atoms with Crippen LogP contribution >= 0.6 is 0 Å². The second-order valence-electron chi connectivity index (χ2n) is 3.51. The monoisotopic (exact) mass is 264 g/mol. The van der Waals surface area contributed by atoms with E-state index in [-0.39, 0.29) is 6.54 Å². The molecule has 2 N–H and O–H groups in total. The predicted octanol–water partition coefficient (Wildman–Crippen LogP) is 2.42. The molecule has 0 aromatic heterocycles. The van der Waals surface area contributed by atoms with Gasteiger partial charge >= 0.3 is 0 Å². The smallest absolute Gasteiger partial charge is 0.257 e. The predicted molar refractivity (Wildman–Crippen MR) is 58.4 cm³/mol. The highest BCUT2D eigenvalue weighted by atomic mass is 19.2. The number of amides is 1. The van der Waals surface area contributed by atoms with Gasteiger partial charge in [0.25, 0.3) is 5.91 Å². The molecule has 1 aromatic carbocycles. The Hall–Kier alpha value is -1.79. The third-order valence-electron chi connectivity index (χ3n) is 2.28. The molecule has 0 fully saturated rings. The van der Waals surface area contributed by atoms with Crippen LogP contribution in [0.1, 0.15) is 23.7 Å². The average Bonchev–Trinajstić information content (AvgIpc) is 2.35. The highest BCUT2D eigenvalue weighted by Gasteiger charge is 2.28. The lowest BCUT2D eigenvalue weighted by molar-refractivity contribution is 0.0943. The average molecular weight is 264 g/mol. The lowest BCUT2D eigenvalue weighted by Gasteiger charge is -2.11. The Balaban J connectivity index is 3.33. The van der Waals surface area contributed by atoms with Crippen LogP contribution in [-0.2, 0) is 0 Å². The van der Waals surface area contributed by atoms with Crippen LogP contribution in [0.5, 0.6) is 0 Å². The van der Waals surface area contributed by atoms with Crippen LogP contribution in [0.2, 0.25) is 0 Å². The van der Waals surface area contributed by atoms with Gasteiger partial charge in [0.15, 0.2) is 23.3 Å². The molecule has 7 heteroatoms. The number of halogens is 4. The molecule has 0 unspecified atom stereocenters. The van der Waals surface area contributed by atoms with E-state index >= 15 is 0 Å². The van der Waals surface area contributed by atoms with Gasteiger partial charge in [0.1, 0.15) is 11.3 Å². The topological polar surface area (TPSA) is 41.1 Å². The van der Waals surface area contributed by atoms with Crippen LogP contribution in [0.4, 0.5) is 23.2 Å². The number of nitrogens with one attached hydrogen (secondary N) is 2. The number of anilines is 1. The fourth-order valence-corrected chi connectivity index (χ4v) is 1.38. The van der Waals surface area contributed by atoms with Crippen molar-refractivity contribution in [2.45, 2.75) is 13.3 Å². The Morgan fingerprint density at radius 2 is 1.56 bits per heavy atom. The lowest BCUT2D eigenvalue weighted by Crippen LogP contribution is -2.27. The maximum absolute atomic E-state index is 13.5. The first-order valence-electron chi connectivity index (χ1n) is 5.27. The molecule has 0 bridgehead atoms. The molecule has 0 aliphatic carbocycles. The fourth-order valence-electron chi connectivity index (χ4n) is 1.38. The van der Waals surface area contributed by atoms with Gasteiger partial charge in [0, 0.05) is 13.6 Å². The van der Waals surface area contributed by atoms with Crippen LogP contribution in [0.3, 0.4) is 0 Å². The third kappa shape index (κ3) is 2.39. The Morgan fingerprint density at radius 1 is 1.06 bits per heavy atom. The molecule has 0 radical (unpaired) electrons. The summed E-state index contributed by atoms with van der Waals surface area (Å²) >= 11 is 0. The summed E-state index contributed by atoms with van der Waals surface area (Å²) in [5.41, 5.74) is -2.20. The lowest BCUT2D eigenvalue weighted by atomic mass is 10.1. The molecular weight excluding hydrogens is 252 g/mol. The summed E-state index contributed by atoms with van der Waals surface area (Å²) in [6.45, 7) is 1.87. The Labute approximate surface area is 101 Å². The van der Waals surface area contributed by atoms with Crippen molar-refractivity contribution in [3.05, 3.63) is 28.8 Å². The molecule has 1 amide bonds. The quantitative estimate of drug-likeness (QED) is 0.647. The van der Waals surface area contributed by atoms with Gasteiger partial charge in [-0.05, 0) is 6.42 Å². The van der Waals surface area contributed by atoms with Gasteiger partial charge in [-0.3, -0.25) is 4.79 Å². The number of carbonyl (C=O) groups excluding carboxylic acids is 1. The molecule has 0 aliphatic heterocycles. The number of rotatable bonds is 4. The van der Waals surface area contributed by atoms with E-state index in [0.717, 1.165) is 7.05 Å². The fraction of sp³-hybridized carbons (Fsp3) is 0.364. The zero-order valence-corrected chi connectivity index (χ0v) is 9.83. The molecule has 18 heavy (non-hydrogen) atoms. The SMILES string of the molecule is CCCNC(=O)c1c(F)c(F)c(NC)c(F)c1F. The Kier molecular flexibility index (Phi) is 4.52. The molecule has 0 heterocycles.